The molecule has 1 heterocycles. The minimum absolute atomic E-state index is 0.173. The first-order chi connectivity index (χ1) is 12.3. The first kappa shape index (κ1) is 18.5. The van der Waals surface area contributed by atoms with Crippen LogP contribution in [-0.4, -0.2) is 42.5 Å². The average molecular weight is 369 g/mol. The number of nitrogens with zero attached hydrogens (tertiary/aromatic N) is 1. The van der Waals surface area contributed by atoms with Crippen molar-refractivity contribution >= 4 is 23.2 Å². The van der Waals surface area contributed by atoms with Crippen molar-refractivity contribution in [3.8, 4) is 0 Å². The van der Waals surface area contributed by atoms with Crippen molar-refractivity contribution in [1.82, 2.24) is 4.90 Å². The summed E-state index contributed by atoms with van der Waals surface area (Å²) in [5.74, 6) is -0.101. The quantitative estimate of drug-likeness (QED) is 0.838. The Bertz CT molecular complexity index is 666. The molecule has 0 radical (unpaired) electrons. The van der Waals surface area contributed by atoms with Crippen molar-refractivity contribution in [2.45, 2.75) is 31.9 Å². The number of halogens is 3. The number of rotatable bonds is 5. The number of carbonyl (C=O) groups is 2. The standard InChI is InChI=1S/C18H22F3N3O2/c19-18(20,21)11-22-14-3-1-2-4-15(14)23-16(25)12-7-9-24(10-8-12)17(26)13-5-6-13/h1-4,12-13,22H,5-11H2,(H,23,25). The molecule has 1 saturated heterocycles. The smallest absolute Gasteiger partial charge is 0.375 e. The molecule has 2 fully saturated rings. The Balaban J connectivity index is 1.54. The van der Waals surface area contributed by atoms with Crippen molar-refractivity contribution in [3.05, 3.63) is 24.3 Å². The number of benzene rings is 1. The van der Waals surface area contributed by atoms with Gasteiger partial charge in [-0.05, 0) is 37.8 Å². The minimum atomic E-state index is -4.34. The molecule has 0 bridgehead atoms. The molecule has 1 aromatic rings. The number of carbonyl (C=O) groups excluding carboxylic acids is 2. The number of nitrogens with one attached hydrogen (secondary N) is 2. The Labute approximate surface area is 149 Å². The second kappa shape index (κ2) is 7.55. The molecule has 142 valence electrons. The fraction of sp³-hybridized carbons (Fsp3) is 0.556. The predicted octanol–water partition coefficient (Wildman–Crippen LogP) is 3.25. The van der Waals surface area contributed by atoms with Gasteiger partial charge in [-0.3, -0.25) is 9.59 Å². The Morgan fingerprint density at radius 2 is 1.62 bits per heavy atom. The number of para-hydroxylation sites is 2. The highest BCUT2D eigenvalue weighted by molar-refractivity contribution is 5.95. The zero-order chi connectivity index (χ0) is 18.7. The lowest BCUT2D eigenvalue weighted by Crippen LogP contribution is -2.42. The van der Waals surface area contributed by atoms with Crippen LogP contribution in [0.15, 0.2) is 24.3 Å². The first-order valence-electron chi connectivity index (χ1n) is 8.83. The molecule has 0 spiro atoms. The highest BCUT2D eigenvalue weighted by Gasteiger charge is 2.36. The minimum Gasteiger partial charge on any atom is -0.375 e. The molecule has 2 amide bonds. The van der Waals surface area contributed by atoms with E-state index in [1.807, 2.05) is 4.90 Å². The van der Waals surface area contributed by atoms with Gasteiger partial charge in [0.05, 0.1) is 11.4 Å². The van der Waals surface area contributed by atoms with Gasteiger partial charge in [0.1, 0.15) is 6.54 Å². The van der Waals surface area contributed by atoms with Gasteiger partial charge >= 0.3 is 6.18 Å². The average Bonchev–Trinajstić information content (AvgIpc) is 3.45. The molecule has 26 heavy (non-hydrogen) atoms. The maximum absolute atomic E-state index is 12.5. The van der Waals surface area contributed by atoms with Crippen LogP contribution in [0.4, 0.5) is 24.5 Å². The van der Waals surface area contributed by atoms with Gasteiger partial charge in [0.15, 0.2) is 0 Å². The van der Waals surface area contributed by atoms with Crippen LogP contribution >= 0.6 is 0 Å². The number of amides is 2. The molecule has 8 heteroatoms. The summed E-state index contributed by atoms with van der Waals surface area (Å²) in [6, 6.07) is 6.34. The third-order valence-corrected chi connectivity index (χ3v) is 4.77. The van der Waals surface area contributed by atoms with Crippen molar-refractivity contribution < 1.29 is 22.8 Å². The van der Waals surface area contributed by atoms with Crippen molar-refractivity contribution in [3.63, 3.8) is 0 Å². The lowest BCUT2D eigenvalue weighted by Gasteiger charge is -2.31. The third kappa shape index (κ3) is 4.89. The summed E-state index contributed by atoms with van der Waals surface area (Å²) < 4.78 is 37.2. The van der Waals surface area contributed by atoms with Gasteiger partial charge in [-0.25, -0.2) is 0 Å². The van der Waals surface area contributed by atoms with E-state index in [0.717, 1.165) is 12.8 Å². The SMILES string of the molecule is O=C(Nc1ccccc1NCC(F)(F)F)C1CCN(C(=O)C2CC2)CC1. The number of anilines is 2. The Kier molecular flexibility index (Phi) is 5.38. The number of likely N-dealkylation sites (tertiary alicyclic amines) is 1. The lowest BCUT2D eigenvalue weighted by molar-refractivity contribution is -0.135. The van der Waals surface area contributed by atoms with Crippen molar-refractivity contribution in [2.75, 3.05) is 30.3 Å². The van der Waals surface area contributed by atoms with Crippen molar-refractivity contribution in [2.24, 2.45) is 11.8 Å². The molecule has 5 nitrogen and oxygen atoms in total. The topological polar surface area (TPSA) is 61.4 Å². The van der Waals surface area contributed by atoms with Crippen LogP contribution in [0.5, 0.6) is 0 Å². The van der Waals surface area contributed by atoms with Crippen LogP contribution < -0.4 is 10.6 Å². The van der Waals surface area contributed by atoms with E-state index in [1.54, 1.807) is 18.2 Å². The van der Waals surface area contributed by atoms with Crippen LogP contribution in [0.3, 0.4) is 0 Å². The van der Waals surface area contributed by atoms with Crippen LogP contribution in [0, 0.1) is 11.8 Å². The van der Waals surface area contributed by atoms with Gasteiger partial charge in [-0.1, -0.05) is 12.1 Å². The molecular weight excluding hydrogens is 347 g/mol. The lowest BCUT2D eigenvalue weighted by atomic mass is 9.95. The fourth-order valence-electron chi connectivity index (χ4n) is 3.13. The molecule has 1 aromatic carbocycles. The van der Waals surface area contributed by atoms with E-state index in [-0.39, 0.29) is 29.3 Å². The van der Waals surface area contributed by atoms with E-state index in [1.165, 1.54) is 6.07 Å². The van der Waals surface area contributed by atoms with Gasteiger partial charge in [0.2, 0.25) is 11.8 Å². The Hall–Kier alpha value is -2.25. The predicted molar refractivity (Wildman–Crippen MR) is 91.6 cm³/mol. The summed E-state index contributed by atoms with van der Waals surface area (Å²) in [6.07, 6.45) is -1.27. The van der Waals surface area contributed by atoms with Crippen LogP contribution in [0.25, 0.3) is 0 Å². The monoisotopic (exact) mass is 369 g/mol. The van der Waals surface area contributed by atoms with Gasteiger partial charge in [-0.2, -0.15) is 13.2 Å². The molecule has 1 aliphatic carbocycles. The molecule has 0 atom stereocenters. The zero-order valence-electron chi connectivity index (χ0n) is 14.3. The zero-order valence-corrected chi connectivity index (χ0v) is 14.3. The van der Waals surface area contributed by atoms with E-state index < -0.39 is 12.7 Å². The van der Waals surface area contributed by atoms with E-state index in [0.29, 0.717) is 31.6 Å². The number of hydrogen-bond donors (Lipinski definition) is 2. The second-order valence-electron chi connectivity index (χ2n) is 6.88. The van der Waals surface area contributed by atoms with Gasteiger partial charge < -0.3 is 15.5 Å². The summed E-state index contributed by atoms with van der Waals surface area (Å²) in [4.78, 5) is 26.3. The van der Waals surface area contributed by atoms with E-state index in [2.05, 4.69) is 10.6 Å². The molecule has 1 saturated carbocycles. The highest BCUT2D eigenvalue weighted by Crippen LogP contribution is 2.33. The Morgan fingerprint density at radius 1 is 1.00 bits per heavy atom. The molecule has 0 unspecified atom stereocenters. The number of piperidine rings is 1. The maximum Gasteiger partial charge on any atom is 0.405 e. The maximum atomic E-state index is 12.5. The van der Waals surface area contributed by atoms with Crippen molar-refractivity contribution in [1.29, 1.82) is 0 Å². The molecule has 2 aliphatic rings. The van der Waals surface area contributed by atoms with Crippen LogP contribution in [0.1, 0.15) is 25.7 Å². The molecule has 2 N–H and O–H groups in total. The van der Waals surface area contributed by atoms with Gasteiger partial charge in [-0.15, -0.1) is 0 Å². The van der Waals surface area contributed by atoms with E-state index in [4.69, 9.17) is 0 Å². The summed E-state index contributed by atoms with van der Waals surface area (Å²) >= 11 is 0. The first-order valence-corrected chi connectivity index (χ1v) is 8.83. The summed E-state index contributed by atoms with van der Waals surface area (Å²) in [6.45, 7) is -0.0513. The Morgan fingerprint density at radius 3 is 2.19 bits per heavy atom. The molecular formula is C18H22F3N3O2. The summed E-state index contributed by atoms with van der Waals surface area (Å²) in [7, 11) is 0. The molecule has 0 aromatic heterocycles. The van der Waals surface area contributed by atoms with Gasteiger partial charge in [0, 0.05) is 24.9 Å². The van der Waals surface area contributed by atoms with Crippen LogP contribution in [0.2, 0.25) is 0 Å². The molecule has 1 aliphatic heterocycles. The number of hydrogen-bond acceptors (Lipinski definition) is 3. The fourth-order valence-corrected chi connectivity index (χ4v) is 3.13. The van der Waals surface area contributed by atoms with E-state index in [9.17, 15) is 22.8 Å². The summed E-state index contributed by atoms with van der Waals surface area (Å²) in [5.41, 5.74) is 0.567. The number of alkyl halides is 3. The normalized spacial score (nSPS) is 18.5. The largest absolute Gasteiger partial charge is 0.405 e. The third-order valence-electron chi connectivity index (χ3n) is 4.77. The second-order valence-corrected chi connectivity index (χ2v) is 6.88. The van der Waals surface area contributed by atoms with Crippen LogP contribution in [-0.2, 0) is 9.59 Å². The van der Waals surface area contributed by atoms with E-state index >= 15 is 0 Å². The highest BCUT2D eigenvalue weighted by atomic mass is 19.4. The molecule has 3 rings (SSSR count). The van der Waals surface area contributed by atoms with Gasteiger partial charge in [0.25, 0.3) is 0 Å². The summed E-state index contributed by atoms with van der Waals surface area (Å²) in [5, 5.41) is 5.03.